The molecule has 4 rings (SSSR count). The quantitative estimate of drug-likeness (QED) is 0.533. The van der Waals surface area contributed by atoms with Gasteiger partial charge in [-0.1, -0.05) is 6.07 Å². The SMILES string of the molecule is Cc1nc(CN2CC3(CCN(Cc4cccnc4)C3)CC2=O)cs1.O=C(O)C(F)(F)F.O=C(O)C(F)(F)F. The fourth-order valence-electron chi connectivity index (χ4n) is 3.99. The van der Waals surface area contributed by atoms with Crippen molar-refractivity contribution in [2.75, 3.05) is 19.6 Å². The van der Waals surface area contributed by atoms with E-state index in [1.54, 1.807) is 11.3 Å². The van der Waals surface area contributed by atoms with Gasteiger partial charge in [-0.2, -0.15) is 26.3 Å². The molecule has 2 aromatic heterocycles. The summed E-state index contributed by atoms with van der Waals surface area (Å²) in [6.45, 7) is 6.52. The van der Waals surface area contributed by atoms with E-state index in [0.717, 1.165) is 43.3 Å². The molecule has 0 bridgehead atoms. The molecule has 210 valence electrons. The van der Waals surface area contributed by atoms with Crippen molar-refractivity contribution >= 4 is 29.2 Å². The summed E-state index contributed by atoms with van der Waals surface area (Å²) in [7, 11) is 0. The van der Waals surface area contributed by atoms with Crippen molar-refractivity contribution in [3.05, 3.63) is 46.2 Å². The summed E-state index contributed by atoms with van der Waals surface area (Å²) in [5.41, 5.74) is 2.39. The minimum absolute atomic E-state index is 0.129. The molecule has 9 nitrogen and oxygen atoms in total. The van der Waals surface area contributed by atoms with E-state index >= 15 is 0 Å². The van der Waals surface area contributed by atoms with Crippen molar-refractivity contribution in [3.63, 3.8) is 0 Å². The molecule has 2 saturated heterocycles. The predicted molar refractivity (Wildman–Crippen MR) is 121 cm³/mol. The van der Waals surface area contributed by atoms with Crippen molar-refractivity contribution in [3.8, 4) is 0 Å². The molecule has 1 atom stereocenters. The van der Waals surface area contributed by atoms with Gasteiger partial charge in [0.1, 0.15) is 0 Å². The van der Waals surface area contributed by atoms with Gasteiger partial charge in [0.2, 0.25) is 5.91 Å². The Balaban J connectivity index is 0.000000301. The fourth-order valence-corrected chi connectivity index (χ4v) is 4.59. The molecule has 2 aliphatic heterocycles. The summed E-state index contributed by atoms with van der Waals surface area (Å²) in [6, 6.07) is 4.10. The average molecular weight is 571 g/mol. The lowest BCUT2D eigenvalue weighted by molar-refractivity contribution is -0.193. The summed E-state index contributed by atoms with van der Waals surface area (Å²) < 4.78 is 63.5. The summed E-state index contributed by atoms with van der Waals surface area (Å²) in [6.07, 6.45) is -4.64. The van der Waals surface area contributed by atoms with Crippen LogP contribution in [0.2, 0.25) is 0 Å². The highest BCUT2D eigenvalue weighted by atomic mass is 32.1. The lowest BCUT2D eigenvalue weighted by Gasteiger charge is -2.24. The molecular formula is C22H24F6N4O5S. The number of carbonyl (C=O) groups excluding carboxylic acids is 1. The normalized spacial score (nSPS) is 19.6. The monoisotopic (exact) mass is 570 g/mol. The number of halogens is 6. The van der Waals surface area contributed by atoms with Gasteiger partial charge >= 0.3 is 24.3 Å². The van der Waals surface area contributed by atoms with Crippen molar-refractivity contribution in [2.45, 2.75) is 45.2 Å². The van der Waals surface area contributed by atoms with E-state index in [0.29, 0.717) is 13.0 Å². The maximum atomic E-state index is 12.5. The van der Waals surface area contributed by atoms with Gasteiger partial charge < -0.3 is 15.1 Å². The third-order valence-electron chi connectivity index (χ3n) is 5.56. The van der Waals surface area contributed by atoms with E-state index in [1.165, 1.54) is 5.56 Å². The number of carboxylic acids is 2. The predicted octanol–water partition coefficient (Wildman–Crippen LogP) is 3.74. The number of thiazole rings is 1. The van der Waals surface area contributed by atoms with Gasteiger partial charge in [-0.25, -0.2) is 14.6 Å². The van der Waals surface area contributed by atoms with E-state index in [1.807, 2.05) is 30.3 Å². The van der Waals surface area contributed by atoms with Crippen LogP contribution >= 0.6 is 11.3 Å². The van der Waals surface area contributed by atoms with Crippen molar-refractivity contribution in [1.29, 1.82) is 0 Å². The van der Waals surface area contributed by atoms with Crippen LogP contribution in [-0.2, 0) is 27.5 Å². The maximum absolute atomic E-state index is 12.5. The third-order valence-corrected chi connectivity index (χ3v) is 6.38. The highest BCUT2D eigenvalue weighted by Gasteiger charge is 2.47. The minimum Gasteiger partial charge on any atom is -0.475 e. The van der Waals surface area contributed by atoms with Crippen LogP contribution in [0.4, 0.5) is 26.3 Å². The van der Waals surface area contributed by atoms with E-state index in [-0.39, 0.29) is 11.3 Å². The first-order chi connectivity index (χ1) is 17.5. The Morgan fingerprint density at radius 3 is 2.16 bits per heavy atom. The highest BCUT2D eigenvalue weighted by Crippen LogP contribution is 2.41. The number of carbonyl (C=O) groups is 3. The Labute approximate surface area is 216 Å². The molecule has 2 N–H and O–H groups in total. The van der Waals surface area contributed by atoms with Gasteiger partial charge in [-0.3, -0.25) is 14.7 Å². The molecule has 2 aliphatic rings. The maximum Gasteiger partial charge on any atom is 0.490 e. The van der Waals surface area contributed by atoms with Gasteiger partial charge in [0.25, 0.3) is 0 Å². The number of hydrogen-bond acceptors (Lipinski definition) is 7. The number of aromatic nitrogens is 2. The smallest absolute Gasteiger partial charge is 0.475 e. The molecule has 1 amide bonds. The second-order valence-corrected chi connectivity index (χ2v) is 9.77. The Bertz CT molecular complexity index is 1090. The molecule has 2 aromatic rings. The second kappa shape index (κ2) is 12.5. The lowest BCUT2D eigenvalue weighted by atomic mass is 9.86. The largest absolute Gasteiger partial charge is 0.490 e. The van der Waals surface area contributed by atoms with E-state index in [9.17, 15) is 31.1 Å². The van der Waals surface area contributed by atoms with Gasteiger partial charge in [0.15, 0.2) is 0 Å². The molecule has 16 heteroatoms. The average Bonchev–Trinajstić information content (AvgIpc) is 3.47. The molecular weight excluding hydrogens is 546 g/mol. The molecule has 0 radical (unpaired) electrons. The third kappa shape index (κ3) is 9.55. The number of alkyl halides is 6. The molecule has 4 heterocycles. The number of nitrogens with zero attached hydrogens (tertiary/aromatic N) is 4. The Hall–Kier alpha value is -3.27. The minimum atomic E-state index is -5.08. The van der Waals surface area contributed by atoms with Crippen LogP contribution in [0.25, 0.3) is 0 Å². The molecule has 38 heavy (non-hydrogen) atoms. The number of amides is 1. The fraction of sp³-hybridized carbons (Fsp3) is 0.500. The Morgan fingerprint density at radius 2 is 1.68 bits per heavy atom. The zero-order valence-electron chi connectivity index (χ0n) is 19.9. The van der Waals surface area contributed by atoms with Crippen LogP contribution in [0, 0.1) is 12.3 Å². The topological polar surface area (TPSA) is 124 Å². The van der Waals surface area contributed by atoms with Crippen LogP contribution in [0.5, 0.6) is 0 Å². The Morgan fingerprint density at radius 1 is 1.08 bits per heavy atom. The van der Waals surface area contributed by atoms with Crippen molar-refractivity contribution in [2.24, 2.45) is 5.41 Å². The number of rotatable bonds is 4. The van der Waals surface area contributed by atoms with Crippen LogP contribution < -0.4 is 0 Å². The van der Waals surface area contributed by atoms with E-state index in [4.69, 9.17) is 19.8 Å². The van der Waals surface area contributed by atoms with Gasteiger partial charge in [0, 0.05) is 49.2 Å². The number of aryl methyl sites for hydroxylation is 1. The first-order valence-electron chi connectivity index (χ1n) is 10.9. The summed E-state index contributed by atoms with van der Waals surface area (Å²) in [5.74, 6) is -5.23. The zero-order valence-corrected chi connectivity index (χ0v) is 20.7. The van der Waals surface area contributed by atoms with Gasteiger partial charge in [0.05, 0.1) is 17.2 Å². The van der Waals surface area contributed by atoms with E-state index in [2.05, 4.69) is 26.3 Å². The number of carboxylic acid groups (broad SMARTS) is 2. The molecule has 1 spiro atoms. The van der Waals surface area contributed by atoms with Crippen LogP contribution in [0.1, 0.15) is 29.1 Å². The number of pyridine rings is 1. The number of aliphatic carboxylic acids is 2. The summed E-state index contributed by atoms with van der Waals surface area (Å²) in [5, 5.41) is 17.4. The first kappa shape index (κ1) is 31.0. The Kier molecular flexibility index (Phi) is 10.2. The number of hydrogen-bond donors (Lipinski definition) is 2. The summed E-state index contributed by atoms with van der Waals surface area (Å²) in [4.78, 5) is 43.4. The second-order valence-electron chi connectivity index (χ2n) is 8.71. The highest BCUT2D eigenvalue weighted by molar-refractivity contribution is 7.09. The summed E-state index contributed by atoms with van der Waals surface area (Å²) >= 11 is 1.65. The molecule has 1 unspecified atom stereocenters. The molecule has 0 aromatic carbocycles. The first-order valence-corrected chi connectivity index (χ1v) is 11.8. The molecule has 2 fully saturated rings. The number of likely N-dealkylation sites (tertiary alicyclic amines) is 2. The lowest BCUT2D eigenvalue weighted by Crippen LogP contribution is -2.31. The van der Waals surface area contributed by atoms with Crippen molar-refractivity contribution in [1.82, 2.24) is 19.8 Å². The van der Waals surface area contributed by atoms with Crippen LogP contribution in [0.3, 0.4) is 0 Å². The van der Waals surface area contributed by atoms with Crippen molar-refractivity contribution < 1.29 is 50.9 Å². The zero-order chi connectivity index (χ0) is 28.7. The van der Waals surface area contributed by atoms with Gasteiger partial charge in [-0.15, -0.1) is 11.3 Å². The van der Waals surface area contributed by atoms with Crippen LogP contribution in [-0.4, -0.2) is 79.8 Å². The standard InChI is InChI=1S/C18H22N4OS.2C2HF3O2/c1-14-20-16(11-24-14)10-22-13-18(7-17(22)23)4-6-21(12-18)9-15-3-2-5-19-8-15;2*3-2(4,5)1(6)7/h2-3,5,8,11H,4,6-7,9-10,12-13H2,1H3;2*(H,6,7). The van der Waals surface area contributed by atoms with Crippen LogP contribution in [0.15, 0.2) is 29.9 Å². The van der Waals surface area contributed by atoms with Gasteiger partial charge in [-0.05, 0) is 31.5 Å². The molecule has 0 saturated carbocycles. The molecule has 0 aliphatic carbocycles. The van der Waals surface area contributed by atoms with E-state index < -0.39 is 24.3 Å².